The molecule has 7 N–H and O–H groups in total. The molecular formula is C21H36B2FN5O3. The molecule has 4 rings (SSSR count). The summed E-state index contributed by atoms with van der Waals surface area (Å²) in [6, 6.07) is -0.335. The molecule has 8 nitrogen and oxygen atoms in total. The number of aliphatic hydroxyl groups is 2. The van der Waals surface area contributed by atoms with E-state index >= 15 is 0 Å². The molecule has 2 saturated heterocycles. The molecule has 4 radical (unpaired) electrons. The van der Waals surface area contributed by atoms with Crippen molar-refractivity contribution in [3.63, 3.8) is 0 Å². The Bertz CT molecular complexity index is 655. The van der Waals surface area contributed by atoms with E-state index in [9.17, 15) is 14.6 Å². The summed E-state index contributed by atoms with van der Waals surface area (Å²) < 4.78 is 21.0. The van der Waals surface area contributed by atoms with Gasteiger partial charge in [-0.3, -0.25) is 21.3 Å². The highest BCUT2D eigenvalue weighted by molar-refractivity contribution is 6.13. The quantitative estimate of drug-likeness (QED) is 0.145. The van der Waals surface area contributed by atoms with Crippen LogP contribution in [0.4, 0.5) is 4.39 Å². The molecule has 1 aliphatic carbocycles. The molecule has 3 fully saturated rings. The number of rotatable bonds is 7. The van der Waals surface area contributed by atoms with Crippen molar-refractivity contribution in [2.24, 2.45) is 11.8 Å². The van der Waals surface area contributed by atoms with Crippen molar-refractivity contribution in [3.8, 4) is 0 Å². The predicted octanol–water partition coefficient (Wildman–Crippen LogP) is -1.44. The van der Waals surface area contributed by atoms with Crippen molar-refractivity contribution in [2.75, 3.05) is 26.2 Å². The number of ether oxygens (including phenoxy) is 1. The first kappa shape index (κ1) is 24.6. The molecule has 3 heterocycles. The molecule has 0 aromatic rings. The minimum atomic E-state index is -2.41. The number of nitrogens with one attached hydrogen (secondary N) is 5. The minimum absolute atomic E-state index is 0.122. The molecule has 0 bridgehead atoms. The van der Waals surface area contributed by atoms with Gasteiger partial charge in [0.15, 0.2) is 7.85 Å². The number of hydrogen-bond acceptors (Lipinski definition) is 8. The van der Waals surface area contributed by atoms with Crippen LogP contribution in [0.5, 0.6) is 0 Å². The van der Waals surface area contributed by atoms with Crippen LogP contribution in [0.3, 0.4) is 0 Å². The Morgan fingerprint density at radius 2 is 2.12 bits per heavy atom. The fourth-order valence-electron chi connectivity index (χ4n) is 5.73. The summed E-state index contributed by atoms with van der Waals surface area (Å²) in [5.41, 5.74) is -0.917. The van der Waals surface area contributed by atoms with Gasteiger partial charge in [-0.25, -0.2) is 4.39 Å². The average Bonchev–Trinajstić information content (AvgIpc) is 3.05. The van der Waals surface area contributed by atoms with E-state index in [0.29, 0.717) is 11.8 Å². The fourth-order valence-corrected chi connectivity index (χ4v) is 5.73. The largest absolute Gasteiger partial charge is 0.377 e. The van der Waals surface area contributed by atoms with E-state index in [1.165, 1.54) is 5.57 Å². The van der Waals surface area contributed by atoms with E-state index in [2.05, 4.69) is 32.7 Å². The van der Waals surface area contributed by atoms with Crippen molar-refractivity contribution >= 4 is 15.7 Å². The standard InChI is InChI=1S/C21H36B2FN5O3/c22-10-16-17(24)19(26-11-21(23,30)31)29-20(28-16)27-14-8-13-4-7-32-18(13)15(9-14)12-2-1-5-25-6-3-12/h3,13-20,25-31H,1-2,4-11H2. The summed E-state index contributed by atoms with van der Waals surface area (Å²) in [7, 11) is 11.0. The Labute approximate surface area is 192 Å². The monoisotopic (exact) mass is 447 g/mol. The molecule has 8 atom stereocenters. The molecule has 0 amide bonds. The zero-order valence-corrected chi connectivity index (χ0v) is 18.6. The Hall–Kier alpha value is -0.520. The molecule has 1 saturated carbocycles. The minimum Gasteiger partial charge on any atom is -0.377 e. The van der Waals surface area contributed by atoms with Gasteiger partial charge in [-0.15, -0.1) is 0 Å². The van der Waals surface area contributed by atoms with Gasteiger partial charge >= 0.3 is 0 Å². The lowest BCUT2D eigenvalue weighted by Crippen LogP contribution is -2.74. The van der Waals surface area contributed by atoms with Crippen molar-refractivity contribution in [3.05, 3.63) is 11.6 Å². The van der Waals surface area contributed by atoms with Crippen LogP contribution in [0.2, 0.25) is 6.32 Å². The third-order valence-electron chi connectivity index (χ3n) is 7.26. The molecule has 4 aliphatic rings. The maximum Gasteiger partial charge on any atom is 0.155 e. The first-order valence-electron chi connectivity index (χ1n) is 11.9. The zero-order valence-electron chi connectivity index (χ0n) is 18.6. The van der Waals surface area contributed by atoms with Crippen LogP contribution < -0.4 is 26.6 Å². The second-order valence-electron chi connectivity index (χ2n) is 9.70. The van der Waals surface area contributed by atoms with Gasteiger partial charge in [0.2, 0.25) is 0 Å². The van der Waals surface area contributed by atoms with Gasteiger partial charge in [-0.2, -0.15) is 0 Å². The summed E-state index contributed by atoms with van der Waals surface area (Å²) >= 11 is 0. The van der Waals surface area contributed by atoms with E-state index in [4.69, 9.17) is 20.4 Å². The van der Waals surface area contributed by atoms with Crippen LogP contribution in [-0.4, -0.2) is 94.6 Å². The van der Waals surface area contributed by atoms with Crippen molar-refractivity contribution in [1.29, 1.82) is 0 Å². The second kappa shape index (κ2) is 10.8. The summed E-state index contributed by atoms with van der Waals surface area (Å²) in [4.78, 5) is 0. The third kappa shape index (κ3) is 6.13. The smallest absolute Gasteiger partial charge is 0.155 e. The molecule has 8 unspecified atom stereocenters. The number of hydrogen-bond donors (Lipinski definition) is 7. The van der Waals surface area contributed by atoms with Gasteiger partial charge in [0, 0.05) is 37.7 Å². The van der Waals surface area contributed by atoms with E-state index in [1.54, 1.807) is 0 Å². The lowest BCUT2D eigenvalue weighted by molar-refractivity contribution is -0.0870. The molecule has 32 heavy (non-hydrogen) atoms. The molecular weight excluding hydrogens is 411 g/mol. The SMILES string of the molecule is [B]CC1NC(NC2CC3CCOC3C(C3=CCNCCC3)C2)NC(NCC([B])(O)O)C1F. The van der Waals surface area contributed by atoms with Gasteiger partial charge in [0.05, 0.1) is 20.1 Å². The van der Waals surface area contributed by atoms with E-state index in [-0.39, 0.29) is 31.3 Å². The topological polar surface area (TPSA) is 110 Å². The van der Waals surface area contributed by atoms with Crippen molar-refractivity contribution < 1.29 is 19.3 Å². The van der Waals surface area contributed by atoms with E-state index in [1.807, 2.05) is 0 Å². The molecule has 11 heteroatoms. The molecule has 176 valence electrons. The Balaban J connectivity index is 1.41. The van der Waals surface area contributed by atoms with Crippen LogP contribution in [0.1, 0.15) is 32.1 Å². The Morgan fingerprint density at radius 3 is 2.91 bits per heavy atom. The molecule has 0 spiro atoms. The summed E-state index contributed by atoms with van der Waals surface area (Å²) in [6.07, 6.45) is 5.52. The van der Waals surface area contributed by atoms with Gasteiger partial charge < -0.3 is 20.3 Å². The highest BCUT2D eigenvalue weighted by Gasteiger charge is 2.44. The van der Waals surface area contributed by atoms with Crippen LogP contribution in [0.15, 0.2) is 11.6 Å². The van der Waals surface area contributed by atoms with Gasteiger partial charge in [0.25, 0.3) is 0 Å². The second-order valence-corrected chi connectivity index (χ2v) is 9.70. The average molecular weight is 447 g/mol. The lowest BCUT2D eigenvalue weighted by Gasteiger charge is -2.45. The highest BCUT2D eigenvalue weighted by Crippen LogP contribution is 2.42. The normalized spacial score (nSPS) is 41.0. The van der Waals surface area contributed by atoms with Crippen LogP contribution in [0, 0.1) is 11.8 Å². The van der Waals surface area contributed by atoms with E-state index in [0.717, 1.165) is 51.8 Å². The van der Waals surface area contributed by atoms with Gasteiger partial charge in [0.1, 0.15) is 18.1 Å². The summed E-state index contributed by atoms with van der Waals surface area (Å²) in [5, 5.41) is 35.0. The molecule has 0 aromatic carbocycles. The zero-order chi connectivity index (χ0) is 22.7. The van der Waals surface area contributed by atoms with Crippen LogP contribution in [0.25, 0.3) is 0 Å². The summed E-state index contributed by atoms with van der Waals surface area (Å²) in [6.45, 7) is 2.40. The summed E-state index contributed by atoms with van der Waals surface area (Å²) in [5.74, 6) is 0.911. The number of alkyl halides is 1. The molecule has 0 aromatic heterocycles. The van der Waals surface area contributed by atoms with Crippen molar-refractivity contribution in [2.45, 2.75) is 80.9 Å². The predicted molar refractivity (Wildman–Crippen MR) is 122 cm³/mol. The van der Waals surface area contributed by atoms with Crippen molar-refractivity contribution in [1.82, 2.24) is 26.6 Å². The first-order chi connectivity index (χ1) is 15.3. The number of fused-ring (bicyclic) bond motifs is 1. The number of halogens is 1. The lowest BCUT2D eigenvalue weighted by atomic mass is 9.72. The maximum absolute atomic E-state index is 14.8. The van der Waals surface area contributed by atoms with Crippen LogP contribution >= 0.6 is 0 Å². The first-order valence-corrected chi connectivity index (χ1v) is 11.9. The highest BCUT2D eigenvalue weighted by atomic mass is 19.1. The fraction of sp³-hybridized carbons (Fsp3) is 0.905. The van der Waals surface area contributed by atoms with E-state index < -0.39 is 24.1 Å². The molecule has 3 aliphatic heterocycles. The third-order valence-corrected chi connectivity index (χ3v) is 7.26. The van der Waals surface area contributed by atoms with Crippen LogP contribution in [-0.2, 0) is 4.74 Å². The Morgan fingerprint density at radius 1 is 1.28 bits per heavy atom. The maximum atomic E-state index is 14.8. The Kier molecular flexibility index (Phi) is 8.32. The van der Waals surface area contributed by atoms with Gasteiger partial charge in [-0.05, 0) is 44.6 Å². The van der Waals surface area contributed by atoms with Gasteiger partial charge in [-0.1, -0.05) is 18.0 Å².